The van der Waals surface area contributed by atoms with E-state index in [9.17, 15) is 4.79 Å². The van der Waals surface area contributed by atoms with E-state index in [-0.39, 0.29) is 5.91 Å². The summed E-state index contributed by atoms with van der Waals surface area (Å²) in [6.07, 6.45) is 8.56. The predicted molar refractivity (Wildman–Crippen MR) is 88.0 cm³/mol. The zero-order valence-corrected chi connectivity index (χ0v) is 14.0. The Morgan fingerprint density at radius 2 is 2.26 bits per heavy atom. The summed E-state index contributed by atoms with van der Waals surface area (Å²) in [5, 5.41) is 14.2. The Morgan fingerprint density at radius 1 is 1.35 bits per heavy atom. The maximum Gasteiger partial charge on any atom is 0.252 e. The number of nitrogens with zero attached hydrogens (tertiary/aromatic N) is 4. The van der Waals surface area contributed by atoms with Crippen LogP contribution in [0.25, 0.3) is 5.69 Å². The molecule has 3 atom stereocenters. The Morgan fingerprint density at radius 3 is 2.96 bits per heavy atom. The Labute approximate surface area is 142 Å². The van der Waals surface area contributed by atoms with Gasteiger partial charge in [-0.15, -0.1) is 5.10 Å². The Hall–Kier alpha value is -2.02. The van der Waals surface area contributed by atoms with Crippen LogP contribution in [-0.4, -0.2) is 32.7 Å². The Balaban J connectivity index is 1.47. The molecular formula is C16H16BrN5O. The summed E-state index contributed by atoms with van der Waals surface area (Å²) in [7, 11) is 0. The number of allylic oxidation sites excluding steroid dienone is 2. The van der Waals surface area contributed by atoms with Gasteiger partial charge in [0.05, 0.1) is 11.3 Å². The Kier molecular flexibility index (Phi) is 3.72. The van der Waals surface area contributed by atoms with Crippen molar-refractivity contribution >= 4 is 21.8 Å². The lowest BCUT2D eigenvalue weighted by molar-refractivity contribution is 0.0944. The summed E-state index contributed by atoms with van der Waals surface area (Å²) in [5.41, 5.74) is 1.35. The van der Waals surface area contributed by atoms with Crippen LogP contribution < -0.4 is 5.32 Å². The van der Waals surface area contributed by atoms with Crippen LogP contribution in [0, 0.1) is 17.8 Å². The summed E-state index contributed by atoms with van der Waals surface area (Å²) in [5.74, 6) is 1.85. The van der Waals surface area contributed by atoms with Crippen molar-refractivity contribution < 1.29 is 4.79 Å². The summed E-state index contributed by atoms with van der Waals surface area (Å²) in [6, 6.07) is 5.49. The molecule has 0 spiro atoms. The first kappa shape index (κ1) is 14.6. The quantitative estimate of drug-likeness (QED) is 0.834. The molecule has 1 saturated carbocycles. The lowest BCUT2D eigenvalue weighted by atomic mass is 9.93. The predicted octanol–water partition coefficient (Wildman–Crippen LogP) is 2.37. The van der Waals surface area contributed by atoms with Gasteiger partial charge in [-0.05, 0) is 75.2 Å². The molecule has 1 aromatic heterocycles. The van der Waals surface area contributed by atoms with Crippen molar-refractivity contribution in [1.82, 2.24) is 25.5 Å². The molecule has 1 amide bonds. The molecule has 23 heavy (non-hydrogen) atoms. The Bertz CT molecular complexity index is 758. The van der Waals surface area contributed by atoms with E-state index in [0.29, 0.717) is 17.4 Å². The number of amides is 1. The van der Waals surface area contributed by atoms with E-state index in [1.165, 1.54) is 23.9 Å². The number of rotatable bonds is 4. The van der Waals surface area contributed by atoms with E-state index in [1.807, 2.05) is 12.1 Å². The standard InChI is InChI=1S/C16H16BrN5O/c17-15-4-3-13(22-9-19-20-21-22)7-14(15)16(23)18-8-12-6-10-1-2-11(12)5-10/h1-4,7,9-12H,5-6,8H2,(H,18,23)/t10-,11-,12+/m1/s1. The maximum atomic E-state index is 12.5. The molecule has 2 bridgehead atoms. The molecule has 7 heteroatoms. The van der Waals surface area contributed by atoms with Crippen LogP contribution in [0.15, 0.2) is 41.2 Å². The van der Waals surface area contributed by atoms with Gasteiger partial charge in [0, 0.05) is 11.0 Å². The number of fused-ring (bicyclic) bond motifs is 2. The van der Waals surface area contributed by atoms with Gasteiger partial charge in [-0.1, -0.05) is 12.2 Å². The van der Waals surface area contributed by atoms with Gasteiger partial charge in [0.15, 0.2) is 0 Å². The van der Waals surface area contributed by atoms with E-state index in [2.05, 4.69) is 48.9 Å². The number of nitrogens with one attached hydrogen (secondary N) is 1. The zero-order valence-electron chi connectivity index (χ0n) is 12.4. The van der Waals surface area contributed by atoms with Gasteiger partial charge in [0.1, 0.15) is 6.33 Å². The maximum absolute atomic E-state index is 12.5. The second-order valence-electron chi connectivity index (χ2n) is 6.17. The monoisotopic (exact) mass is 373 g/mol. The van der Waals surface area contributed by atoms with Crippen LogP contribution >= 0.6 is 15.9 Å². The average Bonchev–Trinajstić information content (AvgIpc) is 3.30. The number of benzene rings is 1. The van der Waals surface area contributed by atoms with Crippen molar-refractivity contribution in [2.75, 3.05) is 6.54 Å². The van der Waals surface area contributed by atoms with Crippen molar-refractivity contribution in [1.29, 1.82) is 0 Å². The van der Waals surface area contributed by atoms with E-state index in [4.69, 9.17) is 0 Å². The summed E-state index contributed by atoms with van der Waals surface area (Å²) in [6.45, 7) is 0.728. The number of carbonyl (C=O) groups excluding carboxylic acids is 1. The van der Waals surface area contributed by atoms with Crippen LogP contribution in [0.2, 0.25) is 0 Å². The molecule has 2 aromatic rings. The SMILES string of the molecule is O=C(NC[C@@H]1C[C@@H]2C=C[C@@H]1C2)c1cc(-n2cnnn2)ccc1Br. The van der Waals surface area contributed by atoms with E-state index in [1.54, 1.807) is 6.07 Å². The molecule has 0 unspecified atom stereocenters. The fourth-order valence-electron chi connectivity index (χ4n) is 3.56. The summed E-state index contributed by atoms with van der Waals surface area (Å²) in [4.78, 5) is 12.5. The highest BCUT2D eigenvalue weighted by atomic mass is 79.9. The first-order chi connectivity index (χ1) is 11.2. The number of hydrogen-bond acceptors (Lipinski definition) is 4. The van der Waals surface area contributed by atoms with Crippen molar-refractivity contribution in [3.8, 4) is 5.69 Å². The third kappa shape index (κ3) is 2.81. The number of carbonyl (C=O) groups is 1. The molecule has 1 aromatic carbocycles. The van der Waals surface area contributed by atoms with E-state index in [0.717, 1.165) is 22.6 Å². The van der Waals surface area contributed by atoms with Gasteiger partial charge in [-0.3, -0.25) is 4.79 Å². The van der Waals surface area contributed by atoms with E-state index < -0.39 is 0 Å². The third-order valence-corrected chi connectivity index (χ3v) is 5.44. The highest BCUT2D eigenvalue weighted by molar-refractivity contribution is 9.10. The largest absolute Gasteiger partial charge is 0.352 e. The summed E-state index contributed by atoms with van der Waals surface area (Å²) >= 11 is 3.45. The number of tetrazole rings is 1. The molecule has 1 heterocycles. The van der Waals surface area contributed by atoms with Crippen LogP contribution in [0.1, 0.15) is 23.2 Å². The average molecular weight is 374 g/mol. The summed E-state index contributed by atoms with van der Waals surface area (Å²) < 4.78 is 2.30. The van der Waals surface area contributed by atoms with Crippen LogP contribution in [0.4, 0.5) is 0 Å². The minimum Gasteiger partial charge on any atom is -0.352 e. The van der Waals surface area contributed by atoms with Crippen LogP contribution in [-0.2, 0) is 0 Å². The molecule has 2 aliphatic carbocycles. The molecule has 0 aliphatic heterocycles. The second kappa shape index (κ2) is 5.88. The van der Waals surface area contributed by atoms with Crippen LogP contribution in [0.3, 0.4) is 0 Å². The zero-order chi connectivity index (χ0) is 15.8. The van der Waals surface area contributed by atoms with Crippen molar-refractivity contribution in [3.63, 3.8) is 0 Å². The van der Waals surface area contributed by atoms with Crippen molar-refractivity contribution in [2.24, 2.45) is 17.8 Å². The minimum atomic E-state index is -0.0708. The first-order valence-electron chi connectivity index (χ1n) is 7.70. The molecule has 6 nitrogen and oxygen atoms in total. The second-order valence-corrected chi connectivity index (χ2v) is 7.02. The molecule has 2 aliphatic rings. The third-order valence-electron chi connectivity index (χ3n) is 4.75. The lowest BCUT2D eigenvalue weighted by Gasteiger charge is -2.18. The smallest absolute Gasteiger partial charge is 0.252 e. The molecular weight excluding hydrogens is 358 g/mol. The number of halogens is 1. The fraction of sp³-hybridized carbons (Fsp3) is 0.375. The molecule has 1 N–H and O–H groups in total. The number of hydrogen-bond donors (Lipinski definition) is 1. The highest BCUT2D eigenvalue weighted by Crippen LogP contribution is 2.42. The molecule has 0 saturated heterocycles. The van der Waals surface area contributed by atoms with E-state index >= 15 is 0 Å². The van der Waals surface area contributed by atoms with Gasteiger partial charge < -0.3 is 5.32 Å². The van der Waals surface area contributed by atoms with Gasteiger partial charge >= 0.3 is 0 Å². The minimum absolute atomic E-state index is 0.0708. The molecule has 1 fully saturated rings. The lowest BCUT2D eigenvalue weighted by Crippen LogP contribution is -2.31. The molecule has 0 radical (unpaired) electrons. The van der Waals surface area contributed by atoms with Crippen molar-refractivity contribution in [2.45, 2.75) is 12.8 Å². The van der Waals surface area contributed by atoms with Gasteiger partial charge in [0.25, 0.3) is 5.91 Å². The first-order valence-corrected chi connectivity index (χ1v) is 8.49. The van der Waals surface area contributed by atoms with Gasteiger partial charge in [0.2, 0.25) is 0 Å². The van der Waals surface area contributed by atoms with Gasteiger partial charge in [-0.25, -0.2) is 4.68 Å². The molecule has 4 rings (SSSR count). The van der Waals surface area contributed by atoms with Crippen LogP contribution in [0.5, 0.6) is 0 Å². The normalized spacial score (nSPS) is 25.0. The topological polar surface area (TPSA) is 72.7 Å². The van der Waals surface area contributed by atoms with Crippen molar-refractivity contribution in [3.05, 3.63) is 46.7 Å². The molecule has 118 valence electrons. The number of aromatic nitrogens is 4. The highest BCUT2D eigenvalue weighted by Gasteiger charge is 2.35. The fourth-order valence-corrected chi connectivity index (χ4v) is 3.98. The van der Waals surface area contributed by atoms with Gasteiger partial charge in [-0.2, -0.15) is 0 Å².